The molecule has 0 saturated heterocycles. The molecule has 2 aromatic carbocycles. The van der Waals surface area contributed by atoms with Crippen molar-refractivity contribution in [3.63, 3.8) is 0 Å². The van der Waals surface area contributed by atoms with Crippen LogP contribution in [-0.4, -0.2) is 28.0 Å². The monoisotopic (exact) mass is 406 g/mol. The number of hydrogen-bond donors (Lipinski definition) is 2. The normalized spacial score (nSPS) is 10.8. The number of nitrogens with zero attached hydrogens (tertiary/aromatic N) is 2. The van der Waals surface area contributed by atoms with Crippen LogP contribution in [0.5, 0.6) is 5.75 Å². The number of amides is 1. The number of carbonyl (C=O) groups is 1. The Bertz CT molecular complexity index is 1230. The predicted molar refractivity (Wildman–Crippen MR) is 113 cm³/mol. The van der Waals surface area contributed by atoms with Crippen molar-refractivity contribution in [1.29, 1.82) is 0 Å². The highest BCUT2D eigenvalue weighted by atomic mass is 32.1. The van der Waals surface area contributed by atoms with Gasteiger partial charge < -0.3 is 15.0 Å². The number of fused-ring (bicyclic) bond motifs is 1. The first-order valence-electron chi connectivity index (χ1n) is 9.01. The summed E-state index contributed by atoms with van der Waals surface area (Å²) in [5.41, 5.74) is 3.03. The van der Waals surface area contributed by atoms with E-state index >= 15 is 0 Å². The first-order chi connectivity index (χ1) is 14.1. The summed E-state index contributed by atoms with van der Waals surface area (Å²) in [5.74, 6) is 0.498. The molecular weight excluding hydrogens is 388 g/mol. The van der Waals surface area contributed by atoms with Crippen molar-refractivity contribution in [3.8, 4) is 17.0 Å². The van der Waals surface area contributed by atoms with Crippen LogP contribution in [0.2, 0.25) is 0 Å². The highest BCUT2D eigenvalue weighted by Gasteiger charge is 2.12. The number of rotatable bonds is 6. The fraction of sp³-hybridized carbons (Fsp3) is 0.143. The van der Waals surface area contributed by atoms with E-state index in [4.69, 9.17) is 4.74 Å². The minimum Gasteiger partial charge on any atom is -0.496 e. The lowest BCUT2D eigenvalue weighted by molar-refractivity contribution is -0.116. The maximum Gasteiger partial charge on any atom is 0.270 e. The lowest BCUT2D eigenvalue weighted by atomic mass is 10.1. The quantitative estimate of drug-likeness (QED) is 0.510. The minimum absolute atomic E-state index is 0.137. The molecule has 4 aromatic rings. The van der Waals surface area contributed by atoms with Crippen molar-refractivity contribution >= 4 is 33.4 Å². The summed E-state index contributed by atoms with van der Waals surface area (Å²) in [6.07, 6.45) is 0.384. The van der Waals surface area contributed by atoms with Gasteiger partial charge in [0.1, 0.15) is 11.4 Å². The number of ether oxygens (including phenoxy) is 1. The zero-order valence-electron chi connectivity index (χ0n) is 15.6. The fourth-order valence-electron chi connectivity index (χ4n) is 2.96. The molecule has 2 N–H and O–H groups in total. The molecule has 0 radical (unpaired) electrons. The first-order valence-corrected chi connectivity index (χ1v) is 9.89. The predicted octanol–water partition coefficient (Wildman–Crippen LogP) is 3.63. The molecule has 0 unspecified atom stereocenters. The van der Waals surface area contributed by atoms with Gasteiger partial charge in [0.2, 0.25) is 5.91 Å². The second kappa shape index (κ2) is 8.24. The number of benzene rings is 2. The minimum atomic E-state index is -0.274. The molecule has 0 aliphatic rings. The van der Waals surface area contributed by atoms with Gasteiger partial charge >= 0.3 is 0 Å². The Morgan fingerprint density at radius 2 is 1.93 bits per heavy atom. The maximum atomic E-state index is 12.3. The maximum absolute atomic E-state index is 12.3. The average molecular weight is 406 g/mol. The molecule has 146 valence electrons. The summed E-state index contributed by atoms with van der Waals surface area (Å²) < 4.78 is 5.36. The molecule has 0 atom stereocenters. The second-order valence-corrected chi connectivity index (χ2v) is 7.17. The van der Waals surface area contributed by atoms with Crippen LogP contribution in [0.4, 0.5) is 5.13 Å². The molecule has 8 heteroatoms. The van der Waals surface area contributed by atoms with E-state index in [9.17, 15) is 9.59 Å². The van der Waals surface area contributed by atoms with Gasteiger partial charge in [-0.3, -0.25) is 9.59 Å². The molecule has 2 aromatic heterocycles. The van der Waals surface area contributed by atoms with Crippen molar-refractivity contribution < 1.29 is 9.53 Å². The van der Waals surface area contributed by atoms with Crippen LogP contribution in [0.15, 0.2) is 58.7 Å². The summed E-state index contributed by atoms with van der Waals surface area (Å²) in [5, 5.41) is 5.14. The average Bonchev–Trinajstić information content (AvgIpc) is 3.20. The van der Waals surface area contributed by atoms with Gasteiger partial charge in [-0.05, 0) is 24.3 Å². The van der Waals surface area contributed by atoms with Gasteiger partial charge in [0.05, 0.1) is 23.8 Å². The molecule has 1 amide bonds. The molecule has 7 nitrogen and oxygen atoms in total. The number of nitrogens with one attached hydrogen (secondary N) is 2. The molecule has 0 aliphatic carbocycles. The van der Waals surface area contributed by atoms with Crippen LogP contribution in [0.1, 0.15) is 12.1 Å². The number of anilines is 1. The van der Waals surface area contributed by atoms with Gasteiger partial charge in [-0.25, -0.2) is 9.97 Å². The van der Waals surface area contributed by atoms with E-state index in [0.717, 1.165) is 17.0 Å². The zero-order chi connectivity index (χ0) is 20.2. The van der Waals surface area contributed by atoms with Crippen LogP contribution >= 0.6 is 11.3 Å². The third kappa shape index (κ3) is 4.17. The second-order valence-electron chi connectivity index (χ2n) is 6.32. The molecular formula is C21H18N4O3S. The molecule has 0 aliphatic heterocycles. The Morgan fingerprint density at radius 3 is 2.79 bits per heavy atom. The Morgan fingerprint density at radius 1 is 1.14 bits per heavy atom. The molecule has 0 saturated carbocycles. The first kappa shape index (κ1) is 18.8. The van der Waals surface area contributed by atoms with Crippen molar-refractivity contribution in [1.82, 2.24) is 15.0 Å². The van der Waals surface area contributed by atoms with Gasteiger partial charge in [-0.1, -0.05) is 24.3 Å². The van der Waals surface area contributed by atoms with E-state index < -0.39 is 0 Å². The number of aryl methyl sites for hydroxylation is 1. The summed E-state index contributed by atoms with van der Waals surface area (Å²) in [6, 6.07) is 14.9. The van der Waals surface area contributed by atoms with E-state index in [1.807, 2.05) is 47.8 Å². The molecule has 0 fully saturated rings. The Hall–Kier alpha value is -3.52. The van der Waals surface area contributed by atoms with E-state index in [2.05, 4.69) is 20.3 Å². The summed E-state index contributed by atoms with van der Waals surface area (Å²) in [7, 11) is 1.61. The highest BCUT2D eigenvalue weighted by molar-refractivity contribution is 7.14. The molecule has 4 rings (SSSR count). The van der Waals surface area contributed by atoms with Gasteiger partial charge in [-0.15, -0.1) is 11.3 Å². The lowest BCUT2D eigenvalue weighted by Crippen LogP contribution is -2.18. The van der Waals surface area contributed by atoms with Crippen LogP contribution in [-0.2, 0) is 11.2 Å². The number of aromatic amines is 1. The third-order valence-corrected chi connectivity index (χ3v) is 5.15. The molecule has 0 spiro atoms. The van der Waals surface area contributed by atoms with Crippen LogP contribution < -0.4 is 15.6 Å². The largest absolute Gasteiger partial charge is 0.496 e. The van der Waals surface area contributed by atoms with Crippen molar-refractivity contribution in [2.45, 2.75) is 12.8 Å². The van der Waals surface area contributed by atoms with E-state index in [-0.39, 0.29) is 24.3 Å². The number of para-hydroxylation sites is 3. The van der Waals surface area contributed by atoms with E-state index in [1.54, 1.807) is 13.2 Å². The number of hydrogen-bond acceptors (Lipinski definition) is 6. The fourth-order valence-corrected chi connectivity index (χ4v) is 3.69. The summed E-state index contributed by atoms with van der Waals surface area (Å²) in [6.45, 7) is 0. The van der Waals surface area contributed by atoms with Gasteiger partial charge in [-0.2, -0.15) is 0 Å². The number of H-pyrrole nitrogens is 1. The number of methoxy groups -OCH3 is 1. The Kier molecular flexibility index (Phi) is 5.35. The van der Waals surface area contributed by atoms with Crippen molar-refractivity contribution in [2.24, 2.45) is 0 Å². The number of carbonyl (C=O) groups excluding carboxylic acids is 1. The van der Waals surface area contributed by atoms with Gasteiger partial charge in [0.15, 0.2) is 5.13 Å². The highest BCUT2D eigenvalue weighted by Crippen LogP contribution is 2.31. The SMILES string of the molecule is COc1ccccc1-c1csc(NC(=O)CCc2nc3ccccc3[nH]c2=O)n1. The standard InChI is InChI=1S/C21H18N4O3S/c1-28-18-9-5-2-6-13(18)17-12-29-21(24-17)25-19(26)11-10-16-20(27)23-15-8-4-3-7-14(15)22-16/h2-9,12H,10-11H2,1H3,(H,23,27)(H,24,25,26). The molecule has 0 bridgehead atoms. The molecule has 29 heavy (non-hydrogen) atoms. The van der Waals surface area contributed by atoms with Crippen molar-refractivity contribution in [2.75, 3.05) is 12.4 Å². The Balaban J connectivity index is 1.43. The topological polar surface area (TPSA) is 97.0 Å². The third-order valence-electron chi connectivity index (χ3n) is 4.39. The van der Waals surface area contributed by atoms with Crippen LogP contribution in [0, 0.1) is 0 Å². The summed E-state index contributed by atoms with van der Waals surface area (Å²) >= 11 is 1.34. The Labute approximate surface area is 170 Å². The molecule has 2 heterocycles. The smallest absolute Gasteiger partial charge is 0.270 e. The zero-order valence-corrected chi connectivity index (χ0v) is 16.5. The number of aromatic nitrogens is 3. The van der Waals surface area contributed by atoms with Crippen molar-refractivity contribution in [3.05, 3.63) is 70.0 Å². The van der Waals surface area contributed by atoms with E-state index in [0.29, 0.717) is 21.9 Å². The van der Waals surface area contributed by atoms with Gasteiger partial charge in [0.25, 0.3) is 5.56 Å². The van der Waals surface area contributed by atoms with Crippen LogP contribution in [0.3, 0.4) is 0 Å². The number of thiazole rings is 1. The van der Waals surface area contributed by atoms with Gasteiger partial charge in [0, 0.05) is 23.8 Å². The summed E-state index contributed by atoms with van der Waals surface area (Å²) in [4.78, 5) is 36.1. The lowest BCUT2D eigenvalue weighted by Gasteiger charge is -2.05. The van der Waals surface area contributed by atoms with E-state index in [1.165, 1.54) is 11.3 Å². The van der Waals surface area contributed by atoms with Crippen LogP contribution in [0.25, 0.3) is 22.3 Å².